The number of anilines is 1. The van der Waals surface area contributed by atoms with Gasteiger partial charge in [0.2, 0.25) is 0 Å². The highest BCUT2D eigenvalue weighted by atomic mass is 35.5. The summed E-state index contributed by atoms with van der Waals surface area (Å²) >= 11 is 6.09. The molecule has 7 nitrogen and oxygen atoms in total. The highest BCUT2D eigenvalue weighted by Gasteiger charge is 2.38. The number of hydrogen-bond acceptors (Lipinski definition) is 5. The molecular weight excluding hydrogens is 464 g/mol. The molecule has 35 heavy (non-hydrogen) atoms. The first-order chi connectivity index (χ1) is 16.9. The van der Waals surface area contributed by atoms with E-state index < -0.39 is 12.0 Å². The lowest BCUT2D eigenvalue weighted by molar-refractivity contribution is -0.139. The van der Waals surface area contributed by atoms with Crippen molar-refractivity contribution in [1.82, 2.24) is 15.1 Å². The molecule has 2 aromatic carbocycles. The summed E-state index contributed by atoms with van der Waals surface area (Å²) in [7, 11) is 0. The minimum Gasteiger partial charge on any atom is -0.463 e. The third-order valence-electron chi connectivity index (χ3n) is 6.66. The zero-order valence-electron chi connectivity index (χ0n) is 20.6. The van der Waals surface area contributed by atoms with Gasteiger partial charge in [0.05, 0.1) is 18.2 Å². The van der Waals surface area contributed by atoms with E-state index >= 15 is 0 Å². The molecule has 2 aromatic rings. The topological polar surface area (TPSA) is 65.1 Å². The van der Waals surface area contributed by atoms with Crippen LogP contribution in [0.25, 0.3) is 0 Å². The Morgan fingerprint density at radius 3 is 2.37 bits per heavy atom. The molecule has 0 aliphatic carbocycles. The fourth-order valence-corrected chi connectivity index (χ4v) is 4.97. The number of nitrogens with one attached hydrogen (secondary N) is 1. The van der Waals surface area contributed by atoms with Crippen LogP contribution in [0.15, 0.2) is 59.8 Å². The summed E-state index contributed by atoms with van der Waals surface area (Å²) in [6.07, 6.45) is 0. The third-order valence-corrected chi connectivity index (χ3v) is 6.91. The normalized spacial score (nSPS) is 19.1. The minimum absolute atomic E-state index is 0.214. The lowest BCUT2D eigenvalue weighted by Gasteiger charge is -2.41. The van der Waals surface area contributed by atoms with Gasteiger partial charge in [0.25, 0.3) is 0 Å². The number of ether oxygens (including phenoxy) is 1. The van der Waals surface area contributed by atoms with Crippen LogP contribution >= 0.6 is 11.6 Å². The average molecular weight is 497 g/mol. The Hall–Kier alpha value is -3.03. The Labute approximate surface area is 212 Å². The molecule has 2 heterocycles. The number of rotatable bonds is 7. The predicted octanol–water partition coefficient (Wildman–Crippen LogP) is 4.37. The number of nitrogens with zero attached hydrogens (tertiary/aromatic N) is 3. The number of piperazine rings is 1. The van der Waals surface area contributed by atoms with Crippen LogP contribution in [0.5, 0.6) is 0 Å². The standard InChI is InChI=1S/C27H33ClN4O3/c1-4-32-23(18-30-14-16-31(17-15-30)22-9-7-6-8-19(22)3)24(26(33)35-5-2)25(29-27(32)34)20-10-12-21(28)13-11-20/h6-13,25H,4-5,14-18H2,1-3H3,(H,29,34). The molecule has 2 amide bonds. The van der Waals surface area contributed by atoms with E-state index in [1.54, 1.807) is 24.0 Å². The maximum atomic E-state index is 13.2. The Morgan fingerprint density at radius 1 is 1.06 bits per heavy atom. The van der Waals surface area contributed by atoms with Crippen LogP contribution in [-0.4, -0.2) is 67.7 Å². The molecular formula is C27H33ClN4O3. The molecule has 0 saturated carbocycles. The molecule has 8 heteroatoms. The Kier molecular flexibility index (Phi) is 7.98. The van der Waals surface area contributed by atoms with Crippen molar-refractivity contribution in [3.8, 4) is 0 Å². The molecule has 4 rings (SSSR count). The van der Waals surface area contributed by atoms with Crippen LogP contribution in [0.4, 0.5) is 10.5 Å². The fourth-order valence-electron chi connectivity index (χ4n) is 4.84. The first-order valence-electron chi connectivity index (χ1n) is 12.2. The summed E-state index contributed by atoms with van der Waals surface area (Å²) in [5, 5.41) is 3.60. The summed E-state index contributed by atoms with van der Waals surface area (Å²) in [5.41, 5.74) is 4.51. The number of benzene rings is 2. The number of carbonyl (C=O) groups is 2. The Bertz CT molecular complexity index is 1090. The summed E-state index contributed by atoms with van der Waals surface area (Å²) in [6, 6.07) is 14.8. The Balaban J connectivity index is 1.63. The zero-order chi connectivity index (χ0) is 24.9. The van der Waals surface area contributed by atoms with E-state index in [9.17, 15) is 9.59 Å². The van der Waals surface area contributed by atoms with Crippen molar-refractivity contribution in [3.05, 3.63) is 76.0 Å². The lowest BCUT2D eigenvalue weighted by atomic mass is 9.94. The molecule has 1 fully saturated rings. The molecule has 0 radical (unpaired) electrons. The highest BCUT2D eigenvalue weighted by molar-refractivity contribution is 6.30. The zero-order valence-corrected chi connectivity index (χ0v) is 21.3. The number of halogens is 1. The van der Waals surface area contributed by atoms with E-state index in [0.29, 0.717) is 29.4 Å². The van der Waals surface area contributed by atoms with E-state index in [1.165, 1.54) is 11.3 Å². The van der Waals surface area contributed by atoms with Crippen molar-refractivity contribution in [1.29, 1.82) is 0 Å². The molecule has 1 saturated heterocycles. The van der Waals surface area contributed by atoms with E-state index in [0.717, 1.165) is 31.7 Å². The maximum Gasteiger partial charge on any atom is 0.338 e. The fraction of sp³-hybridized carbons (Fsp3) is 0.407. The molecule has 1 N–H and O–H groups in total. The number of likely N-dealkylation sites (N-methyl/N-ethyl adjacent to an activating group) is 1. The maximum absolute atomic E-state index is 13.2. The SMILES string of the molecule is CCOC(=O)C1=C(CN2CCN(c3ccccc3C)CC2)N(CC)C(=O)NC1c1ccc(Cl)cc1. The van der Waals surface area contributed by atoms with Crippen LogP contribution in [0, 0.1) is 6.92 Å². The van der Waals surface area contributed by atoms with Crippen LogP contribution < -0.4 is 10.2 Å². The summed E-state index contributed by atoms with van der Waals surface area (Å²) in [4.78, 5) is 32.7. The van der Waals surface area contributed by atoms with Crippen LogP contribution in [0.1, 0.15) is 31.0 Å². The molecule has 0 aromatic heterocycles. The van der Waals surface area contributed by atoms with E-state index in [2.05, 4.69) is 46.3 Å². The smallest absolute Gasteiger partial charge is 0.338 e. The van der Waals surface area contributed by atoms with Gasteiger partial charge in [0.15, 0.2) is 0 Å². The quantitative estimate of drug-likeness (QED) is 0.576. The van der Waals surface area contributed by atoms with Gasteiger partial charge in [-0.3, -0.25) is 9.80 Å². The molecule has 2 aliphatic rings. The number of para-hydroxylation sites is 1. The lowest BCUT2D eigenvalue weighted by Crippen LogP contribution is -2.53. The van der Waals surface area contributed by atoms with Gasteiger partial charge in [-0.1, -0.05) is 41.9 Å². The predicted molar refractivity (Wildman–Crippen MR) is 139 cm³/mol. The molecule has 0 bridgehead atoms. The monoisotopic (exact) mass is 496 g/mol. The second-order valence-corrected chi connectivity index (χ2v) is 9.25. The van der Waals surface area contributed by atoms with Crippen molar-refractivity contribution in [2.75, 3.05) is 50.8 Å². The number of amides is 2. The van der Waals surface area contributed by atoms with Crippen molar-refractivity contribution < 1.29 is 14.3 Å². The molecule has 0 spiro atoms. The van der Waals surface area contributed by atoms with E-state index in [-0.39, 0.29) is 12.6 Å². The van der Waals surface area contributed by atoms with Crippen LogP contribution in [0.2, 0.25) is 5.02 Å². The van der Waals surface area contributed by atoms with Gasteiger partial charge in [-0.25, -0.2) is 9.59 Å². The summed E-state index contributed by atoms with van der Waals surface area (Å²) in [6.45, 7) is 10.5. The molecule has 186 valence electrons. The second kappa shape index (κ2) is 11.1. The number of esters is 1. The van der Waals surface area contributed by atoms with Crippen LogP contribution in [0.3, 0.4) is 0 Å². The largest absolute Gasteiger partial charge is 0.463 e. The van der Waals surface area contributed by atoms with E-state index in [4.69, 9.17) is 16.3 Å². The summed E-state index contributed by atoms with van der Waals surface area (Å²) in [5.74, 6) is -0.403. The first kappa shape index (κ1) is 25.1. The third kappa shape index (κ3) is 5.46. The van der Waals surface area contributed by atoms with Gasteiger partial charge in [-0.05, 0) is 50.1 Å². The van der Waals surface area contributed by atoms with Crippen molar-refractivity contribution in [2.45, 2.75) is 26.8 Å². The van der Waals surface area contributed by atoms with Crippen LogP contribution in [-0.2, 0) is 9.53 Å². The Morgan fingerprint density at radius 2 is 1.74 bits per heavy atom. The van der Waals surface area contributed by atoms with Crippen molar-refractivity contribution in [2.24, 2.45) is 0 Å². The van der Waals surface area contributed by atoms with Gasteiger partial charge in [0, 0.05) is 55.7 Å². The van der Waals surface area contributed by atoms with Crippen molar-refractivity contribution in [3.63, 3.8) is 0 Å². The molecule has 2 aliphatic heterocycles. The van der Waals surface area contributed by atoms with Gasteiger partial charge < -0.3 is 15.0 Å². The number of aryl methyl sites for hydroxylation is 1. The van der Waals surface area contributed by atoms with Gasteiger partial charge in [0.1, 0.15) is 0 Å². The van der Waals surface area contributed by atoms with Gasteiger partial charge in [-0.2, -0.15) is 0 Å². The number of carbonyl (C=O) groups excluding carboxylic acids is 2. The van der Waals surface area contributed by atoms with Crippen molar-refractivity contribution >= 4 is 29.3 Å². The molecule has 1 atom stereocenters. The summed E-state index contributed by atoms with van der Waals surface area (Å²) < 4.78 is 5.46. The number of hydrogen-bond donors (Lipinski definition) is 1. The highest BCUT2D eigenvalue weighted by Crippen LogP contribution is 2.33. The molecule has 1 unspecified atom stereocenters. The average Bonchev–Trinajstić information content (AvgIpc) is 2.85. The number of urea groups is 1. The van der Waals surface area contributed by atoms with Gasteiger partial charge in [-0.15, -0.1) is 0 Å². The van der Waals surface area contributed by atoms with E-state index in [1.807, 2.05) is 19.1 Å². The minimum atomic E-state index is -0.593. The second-order valence-electron chi connectivity index (χ2n) is 8.81. The van der Waals surface area contributed by atoms with Gasteiger partial charge >= 0.3 is 12.0 Å². The first-order valence-corrected chi connectivity index (χ1v) is 12.6.